The van der Waals surface area contributed by atoms with Crippen LogP contribution < -0.4 is 15.5 Å². The molecule has 0 fully saturated rings. The fourth-order valence-corrected chi connectivity index (χ4v) is 2.86. The SMILES string of the molecule is C#CCN(C)c1cc2c(cc1Br)C(NCC)C(=O)N2. The van der Waals surface area contributed by atoms with Crippen molar-refractivity contribution in [2.75, 3.05) is 30.4 Å². The van der Waals surface area contributed by atoms with Gasteiger partial charge in [-0.1, -0.05) is 12.8 Å². The first-order valence-corrected chi connectivity index (χ1v) is 6.90. The van der Waals surface area contributed by atoms with Crippen LogP contribution in [-0.2, 0) is 4.79 Å². The van der Waals surface area contributed by atoms with Gasteiger partial charge in [-0.3, -0.25) is 4.79 Å². The second kappa shape index (κ2) is 5.64. The zero-order valence-corrected chi connectivity index (χ0v) is 12.5. The summed E-state index contributed by atoms with van der Waals surface area (Å²) in [4.78, 5) is 13.9. The Labute approximate surface area is 121 Å². The Morgan fingerprint density at radius 1 is 1.58 bits per heavy atom. The van der Waals surface area contributed by atoms with E-state index < -0.39 is 0 Å². The molecule has 0 saturated carbocycles. The normalized spacial score (nSPS) is 16.7. The van der Waals surface area contributed by atoms with E-state index in [1.165, 1.54) is 0 Å². The van der Waals surface area contributed by atoms with E-state index in [1.807, 2.05) is 31.0 Å². The fraction of sp³-hybridized carbons (Fsp3) is 0.357. The van der Waals surface area contributed by atoms with Gasteiger partial charge in [-0.15, -0.1) is 6.42 Å². The molecule has 19 heavy (non-hydrogen) atoms. The predicted octanol–water partition coefficient (Wildman–Crippen LogP) is 2.12. The number of carbonyl (C=O) groups is 1. The number of carbonyl (C=O) groups excluding carboxylic acids is 1. The minimum atomic E-state index is -0.275. The van der Waals surface area contributed by atoms with Crippen LogP contribution in [-0.4, -0.2) is 26.0 Å². The molecule has 5 heteroatoms. The molecule has 1 heterocycles. The molecule has 2 rings (SSSR count). The Balaban J connectivity index is 2.39. The standard InChI is InChI=1S/C14H16BrN3O/c1-4-6-18(3)12-8-11-9(7-10(12)15)13(16-5-2)14(19)17-11/h1,7-8,13,16H,5-6H2,2-3H3,(H,17,19). The van der Waals surface area contributed by atoms with Gasteiger partial charge >= 0.3 is 0 Å². The second-order valence-electron chi connectivity index (χ2n) is 4.43. The molecular weight excluding hydrogens is 306 g/mol. The number of likely N-dealkylation sites (N-methyl/N-ethyl adjacent to an activating group) is 1. The molecule has 4 nitrogen and oxygen atoms in total. The lowest BCUT2D eigenvalue weighted by atomic mass is 10.1. The van der Waals surface area contributed by atoms with Gasteiger partial charge in [0.2, 0.25) is 5.91 Å². The van der Waals surface area contributed by atoms with Gasteiger partial charge in [0.05, 0.1) is 12.2 Å². The number of hydrogen-bond acceptors (Lipinski definition) is 3. The van der Waals surface area contributed by atoms with Gasteiger partial charge in [-0.05, 0) is 34.6 Å². The molecule has 1 aliphatic rings. The summed E-state index contributed by atoms with van der Waals surface area (Å²) < 4.78 is 0.934. The molecule has 1 aliphatic heterocycles. The number of anilines is 2. The largest absolute Gasteiger partial charge is 0.362 e. The number of halogens is 1. The van der Waals surface area contributed by atoms with E-state index in [0.29, 0.717) is 6.54 Å². The quantitative estimate of drug-likeness (QED) is 0.835. The van der Waals surface area contributed by atoms with Crippen LogP contribution in [0.4, 0.5) is 11.4 Å². The molecule has 1 unspecified atom stereocenters. The molecule has 1 aromatic carbocycles. The van der Waals surface area contributed by atoms with Crippen molar-refractivity contribution in [3.05, 3.63) is 22.2 Å². The zero-order chi connectivity index (χ0) is 14.0. The summed E-state index contributed by atoms with van der Waals surface area (Å²) in [6, 6.07) is 3.65. The van der Waals surface area contributed by atoms with E-state index in [-0.39, 0.29) is 11.9 Å². The smallest absolute Gasteiger partial charge is 0.246 e. The number of amides is 1. The lowest BCUT2D eigenvalue weighted by molar-refractivity contribution is -0.117. The Morgan fingerprint density at radius 3 is 2.95 bits per heavy atom. The Bertz CT molecular complexity index is 550. The maximum absolute atomic E-state index is 11.9. The molecule has 0 saturated heterocycles. The van der Waals surface area contributed by atoms with Crippen molar-refractivity contribution in [3.63, 3.8) is 0 Å². The summed E-state index contributed by atoms with van der Waals surface area (Å²) in [5.74, 6) is 2.59. The van der Waals surface area contributed by atoms with Crippen LogP contribution in [0.3, 0.4) is 0 Å². The maximum Gasteiger partial charge on any atom is 0.246 e. The number of benzene rings is 1. The van der Waals surface area contributed by atoms with Gasteiger partial charge in [0.25, 0.3) is 0 Å². The first-order valence-electron chi connectivity index (χ1n) is 6.10. The van der Waals surface area contributed by atoms with Crippen molar-refractivity contribution in [3.8, 4) is 12.3 Å². The first kappa shape index (κ1) is 13.9. The molecule has 1 amide bonds. The summed E-state index contributed by atoms with van der Waals surface area (Å²) in [6.07, 6.45) is 5.33. The second-order valence-corrected chi connectivity index (χ2v) is 5.29. The number of fused-ring (bicyclic) bond motifs is 1. The molecule has 100 valence electrons. The summed E-state index contributed by atoms with van der Waals surface area (Å²) in [7, 11) is 1.92. The van der Waals surface area contributed by atoms with Crippen molar-refractivity contribution < 1.29 is 4.79 Å². The van der Waals surface area contributed by atoms with Gasteiger partial charge in [-0.2, -0.15) is 0 Å². The van der Waals surface area contributed by atoms with E-state index >= 15 is 0 Å². The third kappa shape index (κ3) is 2.60. The van der Waals surface area contributed by atoms with Crippen LogP contribution in [0, 0.1) is 12.3 Å². The van der Waals surface area contributed by atoms with Crippen LogP contribution in [0.15, 0.2) is 16.6 Å². The molecule has 0 bridgehead atoms. The Kier molecular flexibility index (Phi) is 4.13. The summed E-state index contributed by atoms with van der Waals surface area (Å²) in [6.45, 7) is 3.24. The van der Waals surface area contributed by atoms with Gasteiger partial charge in [0.15, 0.2) is 0 Å². The monoisotopic (exact) mass is 321 g/mol. The first-order chi connectivity index (χ1) is 9.08. The highest BCUT2D eigenvalue weighted by molar-refractivity contribution is 9.10. The third-order valence-electron chi connectivity index (χ3n) is 3.10. The Hall–Kier alpha value is -1.51. The van der Waals surface area contributed by atoms with E-state index in [4.69, 9.17) is 6.42 Å². The van der Waals surface area contributed by atoms with Crippen molar-refractivity contribution in [2.45, 2.75) is 13.0 Å². The lowest BCUT2D eigenvalue weighted by Crippen LogP contribution is -2.27. The van der Waals surface area contributed by atoms with Crippen molar-refractivity contribution >= 4 is 33.2 Å². The van der Waals surface area contributed by atoms with Crippen LogP contribution in [0.5, 0.6) is 0 Å². The average Bonchev–Trinajstić information content (AvgIpc) is 2.66. The van der Waals surface area contributed by atoms with Crippen LogP contribution in [0.25, 0.3) is 0 Å². The van der Waals surface area contributed by atoms with Crippen LogP contribution in [0.2, 0.25) is 0 Å². The average molecular weight is 322 g/mol. The number of nitrogens with one attached hydrogen (secondary N) is 2. The molecular formula is C14H16BrN3O. The van der Waals surface area contributed by atoms with E-state index in [2.05, 4.69) is 32.5 Å². The van der Waals surface area contributed by atoms with Crippen molar-refractivity contribution in [1.82, 2.24) is 5.32 Å². The Morgan fingerprint density at radius 2 is 2.32 bits per heavy atom. The highest BCUT2D eigenvalue weighted by Gasteiger charge is 2.30. The number of hydrogen-bond donors (Lipinski definition) is 2. The molecule has 1 atom stereocenters. The van der Waals surface area contributed by atoms with E-state index in [0.717, 1.165) is 28.0 Å². The van der Waals surface area contributed by atoms with Crippen LogP contribution >= 0.6 is 15.9 Å². The van der Waals surface area contributed by atoms with Crippen LogP contribution in [0.1, 0.15) is 18.5 Å². The minimum absolute atomic E-state index is 0.0134. The summed E-state index contributed by atoms with van der Waals surface area (Å²) >= 11 is 3.54. The summed E-state index contributed by atoms with van der Waals surface area (Å²) in [5.41, 5.74) is 2.78. The highest BCUT2D eigenvalue weighted by Crippen LogP contribution is 2.38. The molecule has 0 aromatic heterocycles. The zero-order valence-electron chi connectivity index (χ0n) is 11.0. The number of terminal acetylenes is 1. The van der Waals surface area contributed by atoms with Gasteiger partial charge in [0, 0.05) is 22.8 Å². The minimum Gasteiger partial charge on any atom is -0.362 e. The van der Waals surface area contributed by atoms with Crippen molar-refractivity contribution in [2.24, 2.45) is 0 Å². The maximum atomic E-state index is 11.9. The van der Waals surface area contributed by atoms with Gasteiger partial charge in [0.1, 0.15) is 6.04 Å². The molecule has 0 radical (unpaired) electrons. The molecule has 2 N–H and O–H groups in total. The van der Waals surface area contributed by atoms with E-state index in [1.54, 1.807) is 0 Å². The number of nitrogens with zero attached hydrogens (tertiary/aromatic N) is 1. The fourth-order valence-electron chi connectivity index (χ4n) is 2.19. The van der Waals surface area contributed by atoms with Gasteiger partial charge < -0.3 is 15.5 Å². The highest BCUT2D eigenvalue weighted by atomic mass is 79.9. The number of rotatable bonds is 4. The lowest BCUT2D eigenvalue weighted by Gasteiger charge is -2.19. The third-order valence-corrected chi connectivity index (χ3v) is 3.73. The van der Waals surface area contributed by atoms with E-state index in [9.17, 15) is 4.79 Å². The van der Waals surface area contributed by atoms with Gasteiger partial charge in [-0.25, -0.2) is 0 Å². The molecule has 0 aliphatic carbocycles. The predicted molar refractivity (Wildman–Crippen MR) is 81.3 cm³/mol. The molecule has 1 aromatic rings. The summed E-state index contributed by atoms with van der Waals surface area (Å²) in [5, 5.41) is 6.07. The molecule has 0 spiro atoms. The van der Waals surface area contributed by atoms with Crippen molar-refractivity contribution in [1.29, 1.82) is 0 Å². The topological polar surface area (TPSA) is 44.4 Å².